The largest absolute Gasteiger partial charge is 0.488 e. The van der Waals surface area contributed by atoms with Crippen molar-refractivity contribution in [2.75, 3.05) is 6.61 Å². The van der Waals surface area contributed by atoms with Crippen LogP contribution in [0.15, 0.2) is 170 Å². The zero-order valence-electron chi connectivity index (χ0n) is 29.0. The van der Waals surface area contributed by atoms with Crippen LogP contribution in [-0.4, -0.2) is 37.8 Å². The minimum atomic E-state index is -0.872. The monoisotopic (exact) mass is 693 g/mol. The van der Waals surface area contributed by atoms with Gasteiger partial charge in [0.25, 0.3) is 0 Å². The molecule has 8 heteroatoms. The molecule has 0 amide bonds. The predicted molar refractivity (Wildman–Crippen MR) is 205 cm³/mol. The quantitative estimate of drug-likeness (QED) is 0.0986. The number of carbonyl (C=O) groups is 1. The zero-order chi connectivity index (χ0) is 36.0. The van der Waals surface area contributed by atoms with Gasteiger partial charge in [0.1, 0.15) is 12.4 Å². The summed E-state index contributed by atoms with van der Waals surface area (Å²) in [6, 6.07) is 56.5. The summed E-state index contributed by atoms with van der Waals surface area (Å²) in [7, 11) is 0. The Labute approximate surface area is 307 Å². The second-order valence-electron chi connectivity index (χ2n) is 12.5. The molecule has 0 atom stereocenters. The van der Waals surface area contributed by atoms with E-state index in [0.717, 1.165) is 44.3 Å². The summed E-state index contributed by atoms with van der Waals surface area (Å²) in [6.45, 7) is 2.34. The Morgan fingerprint density at radius 1 is 0.660 bits per heavy atom. The number of rotatable bonds is 11. The number of pyridine rings is 1. The molecule has 0 aliphatic rings. The van der Waals surface area contributed by atoms with Gasteiger partial charge in [0.15, 0.2) is 11.2 Å². The maximum absolute atomic E-state index is 12.5. The number of aromatic nitrogens is 5. The van der Waals surface area contributed by atoms with Crippen molar-refractivity contribution >= 4 is 16.9 Å². The first-order valence-electron chi connectivity index (χ1n) is 17.5. The SMILES string of the molecule is CCOC(=O)c1cc(OCc2ccc(-c3ccccc3-c3nnn(C(c4ccccc4)(c4ccccc4)c4ccccc4)n3)cc2)c2ccccc2n1. The molecule has 6 aromatic carbocycles. The fraction of sp³-hybridized carbons (Fsp3) is 0.0889. The van der Waals surface area contributed by atoms with E-state index in [1.807, 2.05) is 109 Å². The van der Waals surface area contributed by atoms with Crippen LogP contribution in [0.1, 0.15) is 39.7 Å². The standard InChI is InChI=1S/C45H35N5O3/c1-2-52-44(51)41-30-42(39-24-14-15-25-40(39)46-41)53-31-32-26-28-33(29-27-32)37-22-12-13-23-38(37)43-47-49-50(48-43)45(34-16-6-3-7-17-34,35-18-8-4-9-19-35)36-20-10-5-11-21-36/h3-30H,2,31H2,1H3. The molecule has 0 aliphatic heterocycles. The lowest BCUT2D eigenvalue weighted by atomic mass is 9.77. The van der Waals surface area contributed by atoms with Gasteiger partial charge >= 0.3 is 5.97 Å². The lowest BCUT2D eigenvalue weighted by molar-refractivity contribution is 0.0519. The van der Waals surface area contributed by atoms with E-state index in [-0.39, 0.29) is 12.3 Å². The van der Waals surface area contributed by atoms with Gasteiger partial charge in [0.2, 0.25) is 5.82 Å². The van der Waals surface area contributed by atoms with Crippen molar-refractivity contribution in [3.63, 3.8) is 0 Å². The van der Waals surface area contributed by atoms with Crippen LogP contribution in [0.25, 0.3) is 33.4 Å². The second kappa shape index (κ2) is 14.7. The van der Waals surface area contributed by atoms with Crippen LogP contribution in [-0.2, 0) is 16.9 Å². The molecule has 0 aliphatic carbocycles. The van der Waals surface area contributed by atoms with Crippen LogP contribution in [0.2, 0.25) is 0 Å². The van der Waals surface area contributed by atoms with Crippen LogP contribution in [0.4, 0.5) is 0 Å². The minimum absolute atomic E-state index is 0.214. The van der Waals surface area contributed by atoms with Gasteiger partial charge < -0.3 is 9.47 Å². The molecule has 0 fully saturated rings. The van der Waals surface area contributed by atoms with Crippen LogP contribution < -0.4 is 4.74 Å². The van der Waals surface area contributed by atoms with Crippen molar-refractivity contribution in [2.24, 2.45) is 0 Å². The number of para-hydroxylation sites is 1. The number of carbonyl (C=O) groups excluding carboxylic acids is 1. The van der Waals surface area contributed by atoms with Crippen LogP contribution in [0, 0.1) is 0 Å². The maximum Gasteiger partial charge on any atom is 0.357 e. The molecule has 0 N–H and O–H groups in total. The third-order valence-electron chi connectivity index (χ3n) is 9.28. The highest BCUT2D eigenvalue weighted by Gasteiger charge is 2.41. The van der Waals surface area contributed by atoms with Crippen molar-refractivity contribution in [1.82, 2.24) is 25.2 Å². The molecular weight excluding hydrogens is 659 g/mol. The number of hydrogen-bond acceptors (Lipinski definition) is 7. The molecule has 53 heavy (non-hydrogen) atoms. The van der Waals surface area contributed by atoms with Crippen LogP contribution in [0.5, 0.6) is 5.75 Å². The van der Waals surface area contributed by atoms with E-state index in [2.05, 4.69) is 59.6 Å². The fourth-order valence-corrected chi connectivity index (χ4v) is 6.79. The smallest absolute Gasteiger partial charge is 0.357 e. The Kier molecular flexibility index (Phi) is 9.24. The van der Waals surface area contributed by atoms with Crippen molar-refractivity contribution in [3.8, 4) is 28.3 Å². The average Bonchev–Trinajstić information content (AvgIpc) is 3.72. The lowest BCUT2D eigenvalue weighted by Crippen LogP contribution is -2.39. The number of tetrazole rings is 1. The molecule has 0 bridgehead atoms. The summed E-state index contributed by atoms with van der Waals surface area (Å²) >= 11 is 0. The molecule has 0 saturated carbocycles. The Morgan fingerprint density at radius 3 is 1.85 bits per heavy atom. The number of hydrogen-bond donors (Lipinski definition) is 0. The normalized spacial score (nSPS) is 11.3. The van der Waals surface area contributed by atoms with Gasteiger partial charge in [-0.2, -0.15) is 0 Å². The highest BCUT2D eigenvalue weighted by atomic mass is 16.5. The average molecular weight is 694 g/mol. The van der Waals surface area contributed by atoms with Gasteiger partial charge in [0, 0.05) is 17.0 Å². The van der Waals surface area contributed by atoms with Crippen LogP contribution in [0.3, 0.4) is 0 Å². The van der Waals surface area contributed by atoms with Gasteiger partial charge in [-0.1, -0.05) is 152 Å². The molecule has 2 aromatic heterocycles. The van der Waals surface area contributed by atoms with Gasteiger partial charge in [-0.05, 0) is 57.7 Å². The van der Waals surface area contributed by atoms with E-state index in [9.17, 15) is 4.79 Å². The van der Waals surface area contributed by atoms with Crippen molar-refractivity contribution in [3.05, 3.63) is 198 Å². The number of fused-ring (bicyclic) bond motifs is 1. The summed E-state index contributed by atoms with van der Waals surface area (Å²) in [6.07, 6.45) is 0. The molecule has 8 nitrogen and oxygen atoms in total. The van der Waals surface area contributed by atoms with E-state index in [0.29, 0.717) is 23.7 Å². The van der Waals surface area contributed by atoms with E-state index in [4.69, 9.17) is 24.9 Å². The molecule has 0 spiro atoms. The predicted octanol–water partition coefficient (Wildman–Crippen LogP) is 9.15. The molecule has 8 rings (SSSR count). The number of nitrogens with zero attached hydrogens (tertiary/aromatic N) is 5. The minimum Gasteiger partial charge on any atom is -0.488 e. The first kappa shape index (κ1) is 33.2. The van der Waals surface area contributed by atoms with E-state index < -0.39 is 11.5 Å². The molecule has 0 saturated heterocycles. The summed E-state index contributed by atoms with van der Waals surface area (Å²) in [5, 5.41) is 15.4. The topological polar surface area (TPSA) is 92.0 Å². The summed E-state index contributed by atoms with van der Waals surface area (Å²) < 4.78 is 11.5. The van der Waals surface area contributed by atoms with Crippen molar-refractivity contribution in [1.29, 1.82) is 0 Å². The van der Waals surface area contributed by atoms with Crippen molar-refractivity contribution in [2.45, 2.75) is 19.1 Å². The fourth-order valence-electron chi connectivity index (χ4n) is 6.79. The molecular formula is C45H35N5O3. The van der Waals surface area contributed by atoms with Crippen molar-refractivity contribution < 1.29 is 14.3 Å². The summed E-state index contributed by atoms with van der Waals surface area (Å²) in [5.41, 5.74) is 6.86. The Hall–Kier alpha value is -6.93. The number of benzene rings is 6. The molecule has 8 aromatic rings. The highest BCUT2D eigenvalue weighted by Crippen LogP contribution is 2.40. The third-order valence-corrected chi connectivity index (χ3v) is 9.28. The lowest BCUT2D eigenvalue weighted by Gasteiger charge is -2.34. The van der Waals surface area contributed by atoms with E-state index in [1.165, 1.54) is 0 Å². The third kappa shape index (κ3) is 6.43. The molecule has 2 heterocycles. The van der Waals surface area contributed by atoms with Crippen LogP contribution >= 0.6 is 0 Å². The second-order valence-corrected chi connectivity index (χ2v) is 12.5. The first-order valence-corrected chi connectivity index (χ1v) is 17.5. The van der Waals surface area contributed by atoms with E-state index >= 15 is 0 Å². The Balaban J connectivity index is 1.12. The Bertz CT molecular complexity index is 2390. The van der Waals surface area contributed by atoms with E-state index in [1.54, 1.807) is 17.8 Å². The van der Waals surface area contributed by atoms with Gasteiger partial charge in [-0.3, -0.25) is 0 Å². The summed E-state index contributed by atoms with van der Waals surface area (Å²) in [4.78, 5) is 18.7. The molecule has 0 unspecified atom stereocenters. The first-order chi connectivity index (χ1) is 26.1. The molecule has 258 valence electrons. The Morgan fingerprint density at radius 2 is 1.23 bits per heavy atom. The number of esters is 1. The molecule has 0 radical (unpaired) electrons. The van der Waals surface area contributed by atoms with Gasteiger partial charge in [0.05, 0.1) is 12.1 Å². The summed E-state index contributed by atoms with van der Waals surface area (Å²) in [5.74, 6) is 0.605. The number of ether oxygens (including phenoxy) is 2. The van der Waals surface area contributed by atoms with Gasteiger partial charge in [-0.25, -0.2) is 9.78 Å². The highest BCUT2D eigenvalue weighted by molar-refractivity contribution is 5.94. The zero-order valence-corrected chi connectivity index (χ0v) is 29.0. The maximum atomic E-state index is 12.5. The van der Waals surface area contributed by atoms with Gasteiger partial charge in [-0.15, -0.1) is 15.0 Å².